The van der Waals surface area contributed by atoms with E-state index in [-0.39, 0.29) is 23.8 Å². The highest BCUT2D eigenvalue weighted by molar-refractivity contribution is 5.89. The summed E-state index contributed by atoms with van der Waals surface area (Å²) in [5.74, 6) is 0.839. The summed E-state index contributed by atoms with van der Waals surface area (Å²) < 4.78 is 0. The molecule has 2 rings (SSSR count). The van der Waals surface area contributed by atoms with Gasteiger partial charge in [-0.25, -0.2) is 0 Å². The predicted molar refractivity (Wildman–Crippen MR) is 73.6 cm³/mol. The van der Waals surface area contributed by atoms with Crippen LogP contribution in [0.25, 0.3) is 0 Å². The first-order valence-electron chi connectivity index (χ1n) is 7.29. The quantitative estimate of drug-likeness (QED) is 0.801. The largest absolute Gasteiger partial charge is 0.353 e. The van der Waals surface area contributed by atoms with Crippen molar-refractivity contribution in [3.8, 4) is 0 Å². The Bertz CT molecular complexity index is 357. The van der Waals surface area contributed by atoms with Crippen molar-refractivity contribution < 1.29 is 9.59 Å². The van der Waals surface area contributed by atoms with Crippen LogP contribution in [0.4, 0.5) is 0 Å². The first-order valence-corrected chi connectivity index (χ1v) is 7.29. The summed E-state index contributed by atoms with van der Waals surface area (Å²) in [6, 6.07) is -0.319. The lowest BCUT2D eigenvalue weighted by atomic mass is 10.0. The van der Waals surface area contributed by atoms with E-state index >= 15 is 0 Å². The molecule has 2 amide bonds. The zero-order valence-corrected chi connectivity index (χ0v) is 12.2. The van der Waals surface area contributed by atoms with Crippen LogP contribution in [-0.2, 0) is 9.59 Å². The van der Waals surface area contributed by atoms with Crippen LogP contribution >= 0.6 is 0 Å². The summed E-state index contributed by atoms with van der Waals surface area (Å²) in [6.45, 7) is 10.3. The molecule has 108 valence electrons. The first kappa shape index (κ1) is 14.3. The number of hydrogen-bond donors (Lipinski definition) is 1. The maximum atomic E-state index is 12.5. The van der Waals surface area contributed by atoms with Crippen LogP contribution < -0.4 is 5.32 Å². The first-order chi connectivity index (χ1) is 8.99. The lowest BCUT2D eigenvalue weighted by Gasteiger charge is -2.34. The number of amides is 2. The summed E-state index contributed by atoms with van der Waals surface area (Å²) in [5.41, 5.74) is 0. The summed E-state index contributed by atoms with van der Waals surface area (Å²) in [6.07, 6.45) is 0.927. The number of nitrogens with zero attached hydrogens (tertiary/aromatic N) is 2. The van der Waals surface area contributed by atoms with Gasteiger partial charge in [0.2, 0.25) is 11.8 Å². The molecule has 2 atom stereocenters. The number of hydrogen-bond acceptors (Lipinski definition) is 3. The van der Waals surface area contributed by atoms with E-state index in [1.165, 1.54) is 0 Å². The molecule has 0 saturated carbocycles. The van der Waals surface area contributed by atoms with Crippen LogP contribution in [0.5, 0.6) is 0 Å². The van der Waals surface area contributed by atoms with Crippen molar-refractivity contribution in [2.24, 2.45) is 11.8 Å². The van der Waals surface area contributed by atoms with Gasteiger partial charge in [0.25, 0.3) is 0 Å². The number of carbonyl (C=O) groups is 2. The summed E-state index contributed by atoms with van der Waals surface area (Å²) in [4.78, 5) is 28.2. The SMILES string of the molecule is CC(C)CN1CCC(C(=O)N2CCNC(=O)C2C)C1. The minimum Gasteiger partial charge on any atom is -0.353 e. The van der Waals surface area contributed by atoms with Crippen molar-refractivity contribution in [3.05, 3.63) is 0 Å². The molecule has 2 aliphatic heterocycles. The lowest BCUT2D eigenvalue weighted by Crippen LogP contribution is -2.57. The van der Waals surface area contributed by atoms with Gasteiger partial charge < -0.3 is 15.1 Å². The topological polar surface area (TPSA) is 52.7 Å². The van der Waals surface area contributed by atoms with E-state index in [1.54, 1.807) is 4.90 Å². The van der Waals surface area contributed by atoms with Gasteiger partial charge in [0.1, 0.15) is 6.04 Å². The van der Waals surface area contributed by atoms with E-state index in [2.05, 4.69) is 24.1 Å². The number of carbonyl (C=O) groups excluding carboxylic acids is 2. The molecule has 0 aromatic carbocycles. The Labute approximate surface area is 115 Å². The average molecular weight is 267 g/mol. The van der Waals surface area contributed by atoms with Crippen molar-refractivity contribution in [1.29, 1.82) is 0 Å². The molecule has 0 spiro atoms. The van der Waals surface area contributed by atoms with Crippen LogP contribution in [0, 0.1) is 11.8 Å². The van der Waals surface area contributed by atoms with E-state index in [1.807, 2.05) is 6.92 Å². The Morgan fingerprint density at radius 2 is 2.16 bits per heavy atom. The van der Waals surface area contributed by atoms with E-state index in [9.17, 15) is 9.59 Å². The molecule has 0 aliphatic carbocycles. The molecule has 0 radical (unpaired) electrons. The zero-order valence-electron chi connectivity index (χ0n) is 12.2. The van der Waals surface area contributed by atoms with Crippen molar-refractivity contribution in [2.75, 3.05) is 32.7 Å². The Morgan fingerprint density at radius 1 is 1.42 bits per heavy atom. The number of rotatable bonds is 3. The van der Waals surface area contributed by atoms with Crippen LogP contribution in [0.15, 0.2) is 0 Å². The second-order valence-corrected chi connectivity index (χ2v) is 6.14. The van der Waals surface area contributed by atoms with Crippen LogP contribution in [-0.4, -0.2) is 60.4 Å². The fourth-order valence-electron chi connectivity index (χ4n) is 3.03. The minimum atomic E-state index is -0.319. The zero-order chi connectivity index (χ0) is 14.0. The molecule has 0 bridgehead atoms. The lowest BCUT2D eigenvalue weighted by molar-refractivity contribution is -0.145. The molecule has 2 unspecified atom stereocenters. The highest BCUT2D eigenvalue weighted by atomic mass is 16.2. The van der Waals surface area contributed by atoms with Crippen LogP contribution in [0.1, 0.15) is 27.2 Å². The van der Waals surface area contributed by atoms with E-state index in [0.29, 0.717) is 19.0 Å². The third-order valence-corrected chi connectivity index (χ3v) is 4.03. The molecule has 5 heteroatoms. The van der Waals surface area contributed by atoms with Crippen molar-refractivity contribution in [1.82, 2.24) is 15.1 Å². The van der Waals surface area contributed by atoms with Gasteiger partial charge in [-0.3, -0.25) is 9.59 Å². The number of piperazine rings is 1. The summed E-state index contributed by atoms with van der Waals surface area (Å²) in [5, 5.41) is 2.80. The molecule has 1 N–H and O–H groups in total. The maximum Gasteiger partial charge on any atom is 0.242 e. The smallest absolute Gasteiger partial charge is 0.242 e. The molecule has 2 heterocycles. The van der Waals surface area contributed by atoms with Gasteiger partial charge in [0, 0.05) is 26.2 Å². The average Bonchev–Trinajstić information content (AvgIpc) is 2.79. The van der Waals surface area contributed by atoms with Gasteiger partial charge >= 0.3 is 0 Å². The fourth-order valence-corrected chi connectivity index (χ4v) is 3.03. The van der Waals surface area contributed by atoms with Gasteiger partial charge in [-0.05, 0) is 25.8 Å². The molecule has 0 aromatic heterocycles. The van der Waals surface area contributed by atoms with Gasteiger partial charge in [-0.1, -0.05) is 13.8 Å². The molecular weight excluding hydrogens is 242 g/mol. The van der Waals surface area contributed by atoms with Gasteiger partial charge in [0.05, 0.1) is 5.92 Å². The second-order valence-electron chi connectivity index (χ2n) is 6.14. The van der Waals surface area contributed by atoms with Gasteiger partial charge in [0.15, 0.2) is 0 Å². The standard InChI is InChI=1S/C14H25N3O2/c1-10(2)8-16-6-4-12(9-16)14(19)17-7-5-15-13(18)11(17)3/h10-12H,4-9H2,1-3H3,(H,15,18). The molecule has 5 nitrogen and oxygen atoms in total. The highest BCUT2D eigenvalue weighted by Crippen LogP contribution is 2.21. The monoisotopic (exact) mass is 267 g/mol. The van der Waals surface area contributed by atoms with Crippen molar-refractivity contribution in [2.45, 2.75) is 33.2 Å². The molecular formula is C14H25N3O2. The van der Waals surface area contributed by atoms with Crippen LogP contribution in [0.3, 0.4) is 0 Å². The van der Waals surface area contributed by atoms with Crippen molar-refractivity contribution in [3.63, 3.8) is 0 Å². The Kier molecular flexibility index (Phi) is 4.45. The summed E-state index contributed by atoms with van der Waals surface area (Å²) >= 11 is 0. The third kappa shape index (κ3) is 3.26. The normalized spacial score (nSPS) is 28.8. The molecule has 2 aliphatic rings. The second kappa shape index (κ2) is 5.90. The van der Waals surface area contributed by atoms with E-state index in [4.69, 9.17) is 0 Å². The Balaban J connectivity index is 1.92. The maximum absolute atomic E-state index is 12.5. The predicted octanol–water partition coefficient (Wildman–Crippen LogP) is 0.311. The molecule has 0 aromatic rings. The molecule has 19 heavy (non-hydrogen) atoms. The highest BCUT2D eigenvalue weighted by Gasteiger charge is 2.36. The minimum absolute atomic E-state index is 0.0309. The fraction of sp³-hybridized carbons (Fsp3) is 0.857. The van der Waals surface area contributed by atoms with Gasteiger partial charge in [-0.2, -0.15) is 0 Å². The van der Waals surface area contributed by atoms with E-state index in [0.717, 1.165) is 26.1 Å². The number of likely N-dealkylation sites (tertiary alicyclic amines) is 1. The Hall–Kier alpha value is -1.10. The Morgan fingerprint density at radius 3 is 2.84 bits per heavy atom. The summed E-state index contributed by atoms with van der Waals surface area (Å²) in [7, 11) is 0. The van der Waals surface area contributed by atoms with Gasteiger partial charge in [-0.15, -0.1) is 0 Å². The molecule has 2 saturated heterocycles. The van der Waals surface area contributed by atoms with Crippen molar-refractivity contribution >= 4 is 11.8 Å². The third-order valence-electron chi connectivity index (χ3n) is 4.03. The van der Waals surface area contributed by atoms with E-state index < -0.39 is 0 Å². The molecule has 2 fully saturated rings. The van der Waals surface area contributed by atoms with Crippen LogP contribution in [0.2, 0.25) is 0 Å². The number of nitrogens with one attached hydrogen (secondary N) is 1.